The fourth-order valence-electron chi connectivity index (χ4n) is 0.485. The molecule has 0 fully saturated rings. The number of carbonyl (C=O) groups excluding carboxylic acids is 1. The lowest BCUT2D eigenvalue weighted by Gasteiger charge is -2.23. The van der Waals surface area contributed by atoms with E-state index in [0.29, 0.717) is 0 Å². The Labute approximate surface area is 43.0 Å². The molecule has 0 aliphatic heterocycles. The SMILES string of the molecule is CC1(C)C=CC1=O. The van der Waals surface area contributed by atoms with Gasteiger partial charge in [0.1, 0.15) is 0 Å². The monoisotopic (exact) mass is 96.1 g/mol. The molecule has 0 amide bonds. The summed E-state index contributed by atoms with van der Waals surface area (Å²) < 4.78 is 0. The van der Waals surface area contributed by atoms with Crippen molar-refractivity contribution in [2.45, 2.75) is 13.8 Å². The summed E-state index contributed by atoms with van der Waals surface area (Å²) >= 11 is 0. The maximum absolute atomic E-state index is 10.5. The fraction of sp³-hybridized carbons (Fsp3) is 0.500. The second kappa shape index (κ2) is 0.971. The van der Waals surface area contributed by atoms with Crippen LogP contribution < -0.4 is 0 Å². The molecule has 0 aromatic carbocycles. The predicted octanol–water partition coefficient (Wildman–Crippen LogP) is 1.15. The van der Waals surface area contributed by atoms with Crippen molar-refractivity contribution in [3.8, 4) is 0 Å². The van der Waals surface area contributed by atoms with Gasteiger partial charge in [-0.3, -0.25) is 4.79 Å². The van der Waals surface area contributed by atoms with E-state index in [1.165, 1.54) is 0 Å². The number of ketones is 1. The fourth-order valence-corrected chi connectivity index (χ4v) is 0.485. The molecule has 0 atom stereocenters. The largest absolute Gasteiger partial charge is 0.294 e. The molecule has 1 heteroatoms. The van der Waals surface area contributed by atoms with E-state index in [2.05, 4.69) is 0 Å². The van der Waals surface area contributed by atoms with Crippen LogP contribution in [0.2, 0.25) is 0 Å². The Balaban J connectivity index is 2.83. The molecule has 0 bridgehead atoms. The van der Waals surface area contributed by atoms with E-state index in [9.17, 15) is 4.79 Å². The van der Waals surface area contributed by atoms with Crippen molar-refractivity contribution >= 4 is 5.78 Å². The molecule has 1 nitrogen and oxygen atoms in total. The van der Waals surface area contributed by atoms with E-state index in [1.54, 1.807) is 6.08 Å². The summed E-state index contributed by atoms with van der Waals surface area (Å²) in [6.45, 7) is 3.82. The minimum atomic E-state index is -0.139. The van der Waals surface area contributed by atoms with Gasteiger partial charge in [-0.05, 0) is 19.9 Å². The average Bonchev–Trinajstić information content (AvgIpc) is 1.63. The average molecular weight is 96.1 g/mol. The van der Waals surface area contributed by atoms with Gasteiger partial charge in [0, 0.05) is 5.41 Å². The van der Waals surface area contributed by atoms with Crippen molar-refractivity contribution < 1.29 is 4.79 Å². The number of carbonyl (C=O) groups is 1. The highest BCUT2D eigenvalue weighted by Gasteiger charge is 2.28. The van der Waals surface area contributed by atoms with E-state index in [0.717, 1.165) is 0 Å². The van der Waals surface area contributed by atoms with Crippen LogP contribution in [-0.4, -0.2) is 5.78 Å². The van der Waals surface area contributed by atoms with Crippen LogP contribution in [0, 0.1) is 5.41 Å². The molecule has 0 spiro atoms. The van der Waals surface area contributed by atoms with Gasteiger partial charge in [-0.2, -0.15) is 0 Å². The van der Waals surface area contributed by atoms with E-state index in [-0.39, 0.29) is 11.2 Å². The number of allylic oxidation sites excluding steroid dienone is 2. The second-order valence-corrected chi connectivity index (χ2v) is 2.42. The topological polar surface area (TPSA) is 17.1 Å². The van der Waals surface area contributed by atoms with Gasteiger partial charge in [0.15, 0.2) is 5.78 Å². The summed E-state index contributed by atoms with van der Waals surface area (Å²) in [5, 5.41) is 0. The minimum Gasteiger partial charge on any atom is -0.294 e. The van der Waals surface area contributed by atoms with E-state index in [1.807, 2.05) is 19.9 Å². The standard InChI is InChI=1S/C6H8O/c1-6(2)4-3-5(6)7/h3-4H,1-2H3. The molecule has 0 N–H and O–H groups in total. The number of hydrogen-bond acceptors (Lipinski definition) is 1. The molecule has 0 heterocycles. The summed E-state index contributed by atoms with van der Waals surface area (Å²) in [4.78, 5) is 10.5. The Morgan fingerprint density at radius 1 is 1.57 bits per heavy atom. The summed E-state index contributed by atoms with van der Waals surface area (Å²) in [6.07, 6.45) is 3.52. The lowest BCUT2D eigenvalue weighted by Crippen LogP contribution is -2.27. The third kappa shape index (κ3) is 0.483. The summed E-state index contributed by atoms with van der Waals surface area (Å²) in [6, 6.07) is 0. The van der Waals surface area contributed by atoms with Crippen molar-refractivity contribution in [3.05, 3.63) is 12.2 Å². The van der Waals surface area contributed by atoms with Crippen LogP contribution >= 0.6 is 0 Å². The second-order valence-electron chi connectivity index (χ2n) is 2.42. The zero-order chi connectivity index (χ0) is 5.49. The minimum absolute atomic E-state index is 0.139. The van der Waals surface area contributed by atoms with Crippen molar-refractivity contribution in [1.29, 1.82) is 0 Å². The van der Waals surface area contributed by atoms with Crippen molar-refractivity contribution in [3.63, 3.8) is 0 Å². The van der Waals surface area contributed by atoms with Crippen molar-refractivity contribution in [2.24, 2.45) is 5.41 Å². The Hall–Kier alpha value is -0.590. The van der Waals surface area contributed by atoms with Crippen molar-refractivity contribution in [1.82, 2.24) is 0 Å². The van der Waals surface area contributed by atoms with E-state index >= 15 is 0 Å². The Morgan fingerprint density at radius 2 is 2.00 bits per heavy atom. The molecule has 1 rings (SSSR count). The first-order valence-electron chi connectivity index (χ1n) is 2.36. The van der Waals surface area contributed by atoms with Crippen molar-refractivity contribution in [2.75, 3.05) is 0 Å². The first kappa shape index (κ1) is 4.57. The highest BCUT2D eigenvalue weighted by Crippen LogP contribution is 2.26. The smallest absolute Gasteiger partial charge is 0.164 e. The van der Waals surface area contributed by atoms with Crippen LogP contribution in [0.5, 0.6) is 0 Å². The van der Waals surface area contributed by atoms with Gasteiger partial charge in [0.2, 0.25) is 0 Å². The van der Waals surface area contributed by atoms with Gasteiger partial charge in [0.05, 0.1) is 0 Å². The van der Waals surface area contributed by atoms with E-state index < -0.39 is 0 Å². The van der Waals surface area contributed by atoms with Gasteiger partial charge in [-0.25, -0.2) is 0 Å². The summed E-state index contributed by atoms with van der Waals surface area (Å²) in [7, 11) is 0. The summed E-state index contributed by atoms with van der Waals surface area (Å²) in [5.74, 6) is 0.243. The van der Waals surface area contributed by atoms with Crippen LogP contribution in [0.15, 0.2) is 12.2 Å². The van der Waals surface area contributed by atoms with Crippen LogP contribution in [0.3, 0.4) is 0 Å². The normalized spacial score (nSPS) is 24.6. The number of rotatable bonds is 0. The Kier molecular flexibility index (Phi) is 0.633. The molecule has 38 valence electrons. The quantitative estimate of drug-likeness (QED) is 0.442. The molecule has 0 saturated carbocycles. The third-order valence-corrected chi connectivity index (χ3v) is 1.29. The van der Waals surface area contributed by atoms with Crippen LogP contribution in [0.25, 0.3) is 0 Å². The first-order valence-corrected chi connectivity index (χ1v) is 2.36. The maximum atomic E-state index is 10.5. The molecule has 0 saturated heterocycles. The van der Waals surface area contributed by atoms with Crippen LogP contribution in [-0.2, 0) is 4.79 Å². The summed E-state index contributed by atoms with van der Waals surface area (Å²) in [5.41, 5.74) is -0.139. The lowest BCUT2D eigenvalue weighted by molar-refractivity contribution is -0.122. The van der Waals surface area contributed by atoms with Gasteiger partial charge in [-0.1, -0.05) is 6.08 Å². The molecule has 1 aliphatic carbocycles. The van der Waals surface area contributed by atoms with Gasteiger partial charge in [0.25, 0.3) is 0 Å². The molecule has 0 unspecified atom stereocenters. The highest BCUT2D eigenvalue weighted by molar-refractivity contribution is 6.02. The Bertz CT molecular complexity index is 131. The molecule has 0 radical (unpaired) electrons. The van der Waals surface area contributed by atoms with Gasteiger partial charge in [-0.15, -0.1) is 0 Å². The van der Waals surface area contributed by atoms with Crippen LogP contribution in [0.4, 0.5) is 0 Å². The molecule has 1 aliphatic rings. The zero-order valence-corrected chi connectivity index (χ0v) is 4.56. The molecule has 0 aromatic heterocycles. The molecular formula is C6H8O. The van der Waals surface area contributed by atoms with E-state index in [4.69, 9.17) is 0 Å². The predicted molar refractivity (Wildman–Crippen MR) is 27.9 cm³/mol. The first-order chi connectivity index (χ1) is 3.13. The zero-order valence-electron chi connectivity index (χ0n) is 4.56. The number of hydrogen-bond donors (Lipinski definition) is 0. The third-order valence-electron chi connectivity index (χ3n) is 1.29. The molecule has 0 aromatic rings. The van der Waals surface area contributed by atoms with Gasteiger partial charge >= 0.3 is 0 Å². The Morgan fingerprint density at radius 3 is 2.00 bits per heavy atom. The lowest BCUT2D eigenvalue weighted by atomic mass is 9.79. The maximum Gasteiger partial charge on any atom is 0.164 e. The highest BCUT2D eigenvalue weighted by atomic mass is 16.1. The van der Waals surface area contributed by atoms with Gasteiger partial charge < -0.3 is 0 Å². The molecular weight excluding hydrogens is 88.1 g/mol. The molecule has 7 heavy (non-hydrogen) atoms. The van der Waals surface area contributed by atoms with Crippen LogP contribution in [0.1, 0.15) is 13.8 Å².